The highest BCUT2D eigenvalue weighted by Gasteiger charge is 1.95. The highest BCUT2D eigenvalue weighted by atomic mass is 19.0. The van der Waals surface area contributed by atoms with Crippen molar-refractivity contribution >= 4 is 12.0 Å². The zero-order valence-corrected chi connectivity index (χ0v) is 7.32. The molecule has 0 unspecified atom stereocenters. The number of ether oxygens (including phenoxy) is 1. The van der Waals surface area contributed by atoms with Gasteiger partial charge >= 0.3 is 5.97 Å². The smallest absolute Gasteiger partial charge is 0.308 e. The zero-order valence-electron chi connectivity index (χ0n) is 7.32. The molecule has 1 aromatic rings. The first-order valence-electron chi connectivity index (χ1n) is 3.63. The third-order valence-corrected chi connectivity index (χ3v) is 1.38. The second-order valence-electron chi connectivity index (χ2n) is 2.37. The van der Waals surface area contributed by atoms with Crippen molar-refractivity contribution in [3.8, 4) is 5.75 Å². The van der Waals surface area contributed by atoms with Crippen molar-refractivity contribution in [2.45, 2.75) is 6.92 Å². The minimum absolute atomic E-state index is 0. The SMILES string of the molecule is C=Cc1ccc(OC(C)=O)cc1.F. The topological polar surface area (TPSA) is 26.3 Å². The molecule has 2 nitrogen and oxygen atoms in total. The Kier molecular flexibility index (Phi) is 4.44. The van der Waals surface area contributed by atoms with Crippen molar-refractivity contribution in [3.63, 3.8) is 0 Å². The van der Waals surface area contributed by atoms with Gasteiger partial charge in [-0.15, -0.1) is 0 Å². The van der Waals surface area contributed by atoms with Crippen molar-refractivity contribution in [2.75, 3.05) is 0 Å². The van der Waals surface area contributed by atoms with Gasteiger partial charge < -0.3 is 4.74 Å². The van der Waals surface area contributed by atoms with Crippen LogP contribution in [0.4, 0.5) is 4.70 Å². The summed E-state index contributed by atoms with van der Waals surface area (Å²) < 4.78 is 4.84. The lowest BCUT2D eigenvalue weighted by Crippen LogP contribution is -2.00. The van der Waals surface area contributed by atoms with E-state index < -0.39 is 0 Å². The largest absolute Gasteiger partial charge is 0.427 e. The second-order valence-corrected chi connectivity index (χ2v) is 2.37. The van der Waals surface area contributed by atoms with Crippen molar-refractivity contribution < 1.29 is 14.2 Å². The predicted octanol–water partition coefficient (Wildman–Crippen LogP) is 2.41. The number of carbonyl (C=O) groups excluding carboxylic acids is 1. The van der Waals surface area contributed by atoms with Crippen molar-refractivity contribution in [1.29, 1.82) is 0 Å². The summed E-state index contributed by atoms with van der Waals surface area (Å²) >= 11 is 0. The zero-order chi connectivity index (χ0) is 8.97. The van der Waals surface area contributed by atoms with Crippen LogP contribution in [0.15, 0.2) is 30.8 Å². The van der Waals surface area contributed by atoms with E-state index in [1.807, 2.05) is 12.1 Å². The Morgan fingerprint density at radius 3 is 2.31 bits per heavy atom. The van der Waals surface area contributed by atoms with Crippen LogP contribution in [-0.2, 0) is 4.79 Å². The minimum atomic E-state index is -0.304. The predicted molar refractivity (Wildman–Crippen MR) is 50.3 cm³/mol. The number of halogens is 1. The minimum Gasteiger partial charge on any atom is -0.427 e. The van der Waals surface area contributed by atoms with Crippen molar-refractivity contribution in [1.82, 2.24) is 0 Å². The molecule has 0 N–H and O–H groups in total. The third-order valence-electron chi connectivity index (χ3n) is 1.38. The molecule has 0 aliphatic rings. The summed E-state index contributed by atoms with van der Waals surface area (Å²) in [5, 5.41) is 0. The number of rotatable bonds is 2. The lowest BCUT2D eigenvalue weighted by molar-refractivity contribution is -0.131. The molecule has 0 spiro atoms. The van der Waals surface area contributed by atoms with Gasteiger partial charge in [0, 0.05) is 6.92 Å². The quantitative estimate of drug-likeness (QED) is 0.518. The molecule has 3 heteroatoms. The normalized spacial score (nSPS) is 8.38. The Labute approximate surface area is 76.2 Å². The molecule has 70 valence electrons. The molecule has 0 saturated carbocycles. The van der Waals surface area contributed by atoms with E-state index in [9.17, 15) is 4.79 Å². The Balaban J connectivity index is 0.00000144. The molecule has 0 fully saturated rings. The van der Waals surface area contributed by atoms with E-state index in [1.54, 1.807) is 18.2 Å². The van der Waals surface area contributed by atoms with E-state index in [0.29, 0.717) is 5.75 Å². The lowest BCUT2D eigenvalue weighted by atomic mass is 10.2. The monoisotopic (exact) mass is 182 g/mol. The van der Waals surface area contributed by atoms with E-state index in [-0.39, 0.29) is 10.7 Å². The molecular formula is C10H11FO2. The second kappa shape index (κ2) is 5.09. The molecule has 1 rings (SSSR count). The molecule has 0 aliphatic heterocycles. The average molecular weight is 182 g/mol. The van der Waals surface area contributed by atoms with E-state index in [4.69, 9.17) is 4.74 Å². The van der Waals surface area contributed by atoms with E-state index in [0.717, 1.165) is 5.56 Å². The summed E-state index contributed by atoms with van der Waals surface area (Å²) in [6.07, 6.45) is 1.73. The number of hydrogen-bond acceptors (Lipinski definition) is 2. The van der Waals surface area contributed by atoms with Gasteiger partial charge in [-0.1, -0.05) is 24.8 Å². The summed E-state index contributed by atoms with van der Waals surface area (Å²) in [5.74, 6) is 0.259. The number of carbonyl (C=O) groups is 1. The van der Waals surface area contributed by atoms with Gasteiger partial charge in [0.2, 0.25) is 0 Å². The van der Waals surface area contributed by atoms with Crippen LogP contribution < -0.4 is 4.74 Å². The first-order valence-corrected chi connectivity index (χ1v) is 3.63. The fourth-order valence-electron chi connectivity index (χ4n) is 0.838. The molecule has 13 heavy (non-hydrogen) atoms. The van der Waals surface area contributed by atoms with Crippen LogP contribution in [0, 0.1) is 0 Å². The van der Waals surface area contributed by atoms with Crippen LogP contribution in [0.2, 0.25) is 0 Å². The van der Waals surface area contributed by atoms with Crippen LogP contribution in [0.1, 0.15) is 12.5 Å². The van der Waals surface area contributed by atoms with E-state index in [2.05, 4.69) is 6.58 Å². The standard InChI is InChI=1S/C10H10O2.FH/c1-3-9-4-6-10(7-5-9)12-8(2)11;/h3-7H,1H2,2H3;1H. The van der Waals surface area contributed by atoms with Gasteiger partial charge in [-0.05, 0) is 17.7 Å². The molecule has 0 saturated heterocycles. The molecule has 0 radical (unpaired) electrons. The van der Waals surface area contributed by atoms with E-state index >= 15 is 0 Å². The number of esters is 1. The molecule has 0 amide bonds. The van der Waals surface area contributed by atoms with Gasteiger partial charge in [0.15, 0.2) is 0 Å². The van der Waals surface area contributed by atoms with Crippen LogP contribution in [-0.4, -0.2) is 5.97 Å². The number of hydrogen-bond donors (Lipinski definition) is 0. The fourth-order valence-corrected chi connectivity index (χ4v) is 0.838. The first kappa shape index (κ1) is 11.4. The molecule has 0 aliphatic carbocycles. The maximum atomic E-state index is 10.5. The summed E-state index contributed by atoms with van der Waals surface area (Å²) in [6.45, 7) is 4.99. The molecule has 1 aromatic carbocycles. The van der Waals surface area contributed by atoms with Crippen molar-refractivity contribution in [2.24, 2.45) is 0 Å². The van der Waals surface area contributed by atoms with Crippen LogP contribution in [0.5, 0.6) is 5.75 Å². The van der Waals surface area contributed by atoms with Gasteiger partial charge in [-0.2, -0.15) is 0 Å². The van der Waals surface area contributed by atoms with Gasteiger partial charge in [-0.3, -0.25) is 9.50 Å². The molecular weight excluding hydrogens is 171 g/mol. The van der Waals surface area contributed by atoms with Gasteiger partial charge in [0.05, 0.1) is 0 Å². The maximum absolute atomic E-state index is 10.5. The van der Waals surface area contributed by atoms with Crippen LogP contribution in [0.3, 0.4) is 0 Å². The molecule has 0 heterocycles. The number of benzene rings is 1. The Morgan fingerprint density at radius 1 is 1.38 bits per heavy atom. The lowest BCUT2D eigenvalue weighted by Gasteiger charge is -1.99. The summed E-state index contributed by atoms with van der Waals surface area (Å²) in [6, 6.07) is 7.15. The molecule has 0 bridgehead atoms. The van der Waals surface area contributed by atoms with Crippen LogP contribution in [0.25, 0.3) is 6.08 Å². The molecule has 0 aromatic heterocycles. The first-order chi connectivity index (χ1) is 5.72. The Bertz CT molecular complexity index is 290. The fraction of sp³-hybridized carbons (Fsp3) is 0.100. The van der Waals surface area contributed by atoms with Crippen LogP contribution >= 0.6 is 0 Å². The van der Waals surface area contributed by atoms with Gasteiger partial charge in [-0.25, -0.2) is 0 Å². The van der Waals surface area contributed by atoms with Gasteiger partial charge in [0.25, 0.3) is 0 Å². The van der Waals surface area contributed by atoms with E-state index in [1.165, 1.54) is 6.92 Å². The highest BCUT2D eigenvalue weighted by molar-refractivity contribution is 5.69. The molecule has 0 atom stereocenters. The maximum Gasteiger partial charge on any atom is 0.308 e. The average Bonchev–Trinajstić information content (AvgIpc) is 2.05. The van der Waals surface area contributed by atoms with Gasteiger partial charge in [0.1, 0.15) is 5.75 Å². The Morgan fingerprint density at radius 2 is 1.92 bits per heavy atom. The Hall–Kier alpha value is -1.64. The summed E-state index contributed by atoms with van der Waals surface area (Å²) in [5.41, 5.74) is 1.01. The highest BCUT2D eigenvalue weighted by Crippen LogP contribution is 2.12. The third kappa shape index (κ3) is 3.51. The summed E-state index contributed by atoms with van der Waals surface area (Å²) in [4.78, 5) is 10.5. The van der Waals surface area contributed by atoms with Crippen molar-refractivity contribution in [3.05, 3.63) is 36.4 Å². The summed E-state index contributed by atoms with van der Waals surface area (Å²) in [7, 11) is 0.